The lowest BCUT2D eigenvalue weighted by Gasteiger charge is -2.24. The van der Waals surface area contributed by atoms with Gasteiger partial charge in [-0.05, 0) is 18.8 Å². The van der Waals surface area contributed by atoms with E-state index in [0.29, 0.717) is 12.3 Å². The summed E-state index contributed by atoms with van der Waals surface area (Å²) in [5, 5.41) is 0. The van der Waals surface area contributed by atoms with Gasteiger partial charge in [-0.1, -0.05) is 26.7 Å². The van der Waals surface area contributed by atoms with E-state index >= 15 is 0 Å². The average molecular weight is 183 g/mol. The van der Waals surface area contributed by atoms with Crippen molar-refractivity contribution in [2.24, 2.45) is 17.1 Å². The van der Waals surface area contributed by atoms with Crippen LogP contribution in [0, 0.1) is 11.3 Å². The van der Waals surface area contributed by atoms with Crippen LogP contribution in [-0.4, -0.2) is 12.3 Å². The van der Waals surface area contributed by atoms with E-state index in [-0.39, 0.29) is 5.41 Å². The summed E-state index contributed by atoms with van der Waals surface area (Å²) < 4.78 is 0. The van der Waals surface area contributed by atoms with Gasteiger partial charge in [0, 0.05) is 18.4 Å². The second kappa shape index (κ2) is 4.23. The van der Waals surface area contributed by atoms with E-state index in [0.717, 1.165) is 25.2 Å². The molecule has 0 aromatic heterocycles. The molecule has 2 heteroatoms. The molecule has 0 amide bonds. The number of ketones is 1. The highest BCUT2D eigenvalue weighted by Gasteiger charge is 2.30. The van der Waals surface area contributed by atoms with Gasteiger partial charge in [-0.15, -0.1) is 0 Å². The number of carbonyl (C=O) groups excluding carboxylic acids is 1. The maximum absolute atomic E-state index is 11.8. The topological polar surface area (TPSA) is 43.1 Å². The van der Waals surface area contributed by atoms with Gasteiger partial charge in [-0.3, -0.25) is 4.79 Å². The standard InChI is InChI=1S/C11H21NO/c1-3-11(2,8-12)10(13)7-6-9-4-5-9/h9H,3-8,12H2,1-2H3. The van der Waals surface area contributed by atoms with Crippen LogP contribution in [-0.2, 0) is 4.79 Å². The molecule has 2 nitrogen and oxygen atoms in total. The summed E-state index contributed by atoms with van der Waals surface area (Å²) in [5.41, 5.74) is 5.36. The number of carbonyl (C=O) groups is 1. The summed E-state index contributed by atoms with van der Waals surface area (Å²) in [7, 11) is 0. The molecule has 0 heterocycles. The molecule has 0 bridgehead atoms. The maximum Gasteiger partial charge on any atom is 0.140 e. The molecule has 1 aliphatic rings. The Morgan fingerprint density at radius 1 is 1.54 bits per heavy atom. The van der Waals surface area contributed by atoms with Gasteiger partial charge in [0.15, 0.2) is 0 Å². The molecule has 1 rings (SSSR count). The molecule has 1 aliphatic carbocycles. The van der Waals surface area contributed by atoms with Crippen LogP contribution in [0.25, 0.3) is 0 Å². The van der Waals surface area contributed by atoms with Gasteiger partial charge in [0.05, 0.1) is 0 Å². The zero-order valence-electron chi connectivity index (χ0n) is 8.81. The van der Waals surface area contributed by atoms with E-state index in [1.54, 1.807) is 0 Å². The van der Waals surface area contributed by atoms with Crippen LogP contribution in [0.15, 0.2) is 0 Å². The third-order valence-corrected chi connectivity index (χ3v) is 3.38. The Balaban J connectivity index is 2.33. The van der Waals surface area contributed by atoms with Crippen molar-refractivity contribution in [3.63, 3.8) is 0 Å². The smallest absolute Gasteiger partial charge is 0.140 e. The van der Waals surface area contributed by atoms with Crippen molar-refractivity contribution in [3.05, 3.63) is 0 Å². The zero-order chi connectivity index (χ0) is 9.90. The number of rotatable bonds is 6. The molecule has 1 saturated carbocycles. The predicted octanol–water partition coefficient (Wildman–Crippen LogP) is 2.12. The van der Waals surface area contributed by atoms with Gasteiger partial charge >= 0.3 is 0 Å². The Kier molecular flexibility index (Phi) is 3.48. The summed E-state index contributed by atoms with van der Waals surface area (Å²) in [6, 6.07) is 0. The minimum Gasteiger partial charge on any atom is -0.329 e. The minimum atomic E-state index is -0.255. The highest BCUT2D eigenvalue weighted by molar-refractivity contribution is 5.84. The zero-order valence-corrected chi connectivity index (χ0v) is 8.81. The largest absolute Gasteiger partial charge is 0.329 e. The second-order valence-electron chi connectivity index (χ2n) is 4.52. The van der Waals surface area contributed by atoms with Gasteiger partial charge in [0.2, 0.25) is 0 Å². The molecule has 0 saturated heterocycles. The van der Waals surface area contributed by atoms with Crippen LogP contribution in [0.2, 0.25) is 0 Å². The van der Waals surface area contributed by atoms with Gasteiger partial charge in [-0.25, -0.2) is 0 Å². The Hall–Kier alpha value is -0.370. The summed E-state index contributed by atoms with van der Waals surface area (Å²) in [4.78, 5) is 11.8. The molecule has 0 radical (unpaired) electrons. The molecule has 0 aliphatic heterocycles. The average Bonchev–Trinajstić information content (AvgIpc) is 2.96. The highest BCUT2D eigenvalue weighted by Crippen LogP contribution is 2.35. The van der Waals surface area contributed by atoms with Crippen molar-refractivity contribution in [1.29, 1.82) is 0 Å². The van der Waals surface area contributed by atoms with Crippen molar-refractivity contribution in [2.75, 3.05) is 6.54 Å². The van der Waals surface area contributed by atoms with Crippen LogP contribution < -0.4 is 5.73 Å². The number of hydrogen-bond acceptors (Lipinski definition) is 2. The van der Waals surface area contributed by atoms with Gasteiger partial charge in [-0.2, -0.15) is 0 Å². The van der Waals surface area contributed by atoms with Crippen LogP contribution in [0.4, 0.5) is 0 Å². The summed E-state index contributed by atoms with van der Waals surface area (Å²) in [5.74, 6) is 1.22. The van der Waals surface area contributed by atoms with Crippen LogP contribution >= 0.6 is 0 Å². The molecule has 0 spiro atoms. The Labute approximate surface area is 80.9 Å². The van der Waals surface area contributed by atoms with Gasteiger partial charge < -0.3 is 5.73 Å². The molecule has 0 aromatic carbocycles. The van der Waals surface area contributed by atoms with E-state index in [1.165, 1.54) is 12.8 Å². The molecule has 0 aromatic rings. The second-order valence-corrected chi connectivity index (χ2v) is 4.52. The Morgan fingerprint density at radius 3 is 2.54 bits per heavy atom. The molecule has 76 valence electrons. The SMILES string of the molecule is CCC(C)(CN)C(=O)CCC1CC1. The lowest BCUT2D eigenvalue weighted by molar-refractivity contribution is -0.127. The van der Waals surface area contributed by atoms with Gasteiger partial charge in [0.1, 0.15) is 5.78 Å². The van der Waals surface area contributed by atoms with Crippen LogP contribution in [0.5, 0.6) is 0 Å². The predicted molar refractivity (Wildman–Crippen MR) is 54.4 cm³/mol. The van der Waals surface area contributed by atoms with Crippen molar-refractivity contribution in [2.45, 2.75) is 46.0 Å². The minimum absolute atomic E-state index is 0.255. The van der Waals surface area contributed by atoms with E-state index in [2.05, 4.69) is 0 Å². The van der Waals surface area contributed by atoms with Crippen molar-refractivity contribution in [1.82, 2.24) is 0 Å². The van der Waals surface area contributed by atoms with E-state index < -0.39 is 0 Å². The number of Topliss-reactive ketones (excluding diaryl/α,β-unsaturated/α-hetero) is 1. The van der Waals surface area contributed by atoms with Crippen molar-refractivity contribution in [3.8, 4) is 0 Å². The third kappa shape index (κ3) is 2.80. The molecular weight excluding hydrogens is 162 g/mol. The summed E-state index contributed by atoms with van der Waals surface area (Å²) >= 11 is 0. The first-order chi connectivity index (χ1) is 6.12. The lowest BCUT2D eigenvalue weighted by atomic mass is 9.81. The lowest BCUT2D eigenvalue weighted by Crippen LogP contribution is -2.35. The molecular formula is C11H21NO. The number of nitrogens with two attached hydrogens (primary N) is 1. The quantitative estimate of drug-likeness (QED) is 0.685. The Morgan fingerprint density at radius 2 is 2.15 bits per heavy atom. The fourth-order valence-corrected chi connectivity index (χ4v) is 1.50. The van der Waals surface area contributed by atoms with E-state index in [4.69, 9.17) is 5.73 Å². The Bertz CT molecular complexity index is 181. The number of hydrogen-bond donors (Lipinski definition) is 1. The molecule has 1 atom stereocenters. The van der Waals surface area contributed by atoms with E-state index in [9.17, 15) is 4.79 Å². The van der Waals surface area contributed by atoms with Gasteiger partial charge in [0.25, 0.3) is 0 Å². The first-order valence-electron chi connectivity index (χ1n) is 5.35. The monoisotopic (exact) mass is 183 g/mol. The summed E-state index contributed by atoms with van der Waals surface area (Å²) in [6.45, 7) is 4.52. The fourth-order valence-electron chi connectivity index (χ4n) is 1.50. The van der Waals surface area contributed by atoms with Crippen molar-refractivity contribution < 1.29 is 4.79 Å². The van der Waals surface area contributed by atoms with Crippen molar-refractivity contribution >= 4 is 5.78 Å². The first kappa shape index (κ1) is 10.7. The summed E-state index contributed by atoms with van der Waals surface area (Å²) in [6.07, 6.45) is 5.37. The molecule has 1 fully saturated rings. The molecule has 13 heavy (non-hydrogen) atoms. The maximum atomic E-state index is 11.8. The van der Waals surface area contributed by atoms with Crippen LogP contribution in [0.3, 0.4) is 0 Å². The molecule has 2 N–H and O–H groups in total. The van der Waals surface area contributed by atoms with Crippen LogP contribution in [0.1, 0.15) is 46.0 Å². The third-order valence-electron chi connectivity index (χ3n) is 3.38. The first-order valence-corrected chi connectivity index (χ1v) is 5.35. The fraction of sp³-hybridized carbons (Fsp3) is 0.909. The molecule has 1 unspecified atom stereocenters. The highest BCUT2D eigenvalue weighted by atomic mass is 16.1. The van der Waals surface area contributed by atoms with E-state index in [1.807, 2.05) is 13.8 Å². The normalized spacial score (nSPS) is 21.2.